The van der Waals surface area contributed by atoms with Crippen molar-refractivity contribution in [2.24, 2.45) is 0 Å². The molecule has 1 aromatic heterocycles. The molecule has 3 nitrogen and oxygen atoms in total. The fourth-order valence-electron chi connectivity index (χ4n) is 1.36. The number of fused-ring (bicyclic) bond motifs is 1. The number of aromatic nitrogens is 1. The van der Waals surface area contributed by atoms with Crippen LogP contribution in [0.4, 0.5) is 0 Å². The van der Waals surface area contributed by atoms with Crippen molar-refractivity contribution in [1.82, 2.24) is 4.98 Å². The number of pyridine rings is 1. The molecular formula is C10H5BrN2O. The van der Waals surface area contributed by atoms with Crippen LogP contribution in [0, 0.1) is 11.3 Å². The molecule has 0 bridgehead atoms. The largest absolute Gasteiger partial charge is 0.327 e. The van der Waals surface area contributed by atoms with Gasteiger partial charge in [-0.1, -0.05) is 22.0 Å². The first-order valence-electron chi connectivity index (χ1n) is 3.94. The molecule has 2 rings (SSSR count). The summed E-state index contributed by atoms with van der Waals surface area (Å²) in [4.78, 5) is 13.9. The minimum Gasteiger partial charge on any atom is -0.327 e. The molecule has 1 aromatic carbocycles. The number of benzene rings is 1. The van der Waals surface area contributed by atoms with Crippen LogP contribution >= 0.6 is 15.9 Å². The summed E-state index contributed by atoms with van der Waals surface area (Å²) in [6.45, 7) is 0. The van der Waals surface area contributed by atoms with E-state index in [2.05, 4.69) is 20.9 Å². The molecule has 0 aliphatic carbocycles. The Kier molecular flexibility index (Phi) is 2.10. The molecule has 0 spiro atoms. The third kappa shape index (κ3) is 1.22. The van der Waals surface area contributed by atoms with E-state index < -0.39 is 0 Å². The van der Waals surface area contributed by atoms with Gasteiger partial charge in [-0.25, -0.2) is 0 Å². The van der Waals surface area contributed by atoms with Crippen molar-refractivity contribution in [3.8, 4) is 6.07 Å². The Bertz CT molecular complexity index is 595. The molecule has 1 N–H and O–H groups in total. The zero-order valence-corrected chi connectivity index (χ0v) is 8.63. The minimum absolute atomic E-state index is 0.180. The van der Waals surface area contributed by atoms with Crippen molar-refractivity contribution in [2.45, 2.75) is 0 Å². The van der Waals surface area contributed by atoms with Gasteiger partial charge in [0.25, 0.3) is 5.56 Å². The average Bonchev–Trinajstić information content (AvgIpc) is 2.20. The van der Waals surface area contributed by atoms with E-state index in [1.807, 2.05) is 12.1 Å². The number of nitrogens with one attached hydrogen (secondary N) is 1. The molecule has 0 fully saturated rings. The maximum absolute atomic E-state index is 11.4. The third-order valence-corrected chi connectivity index (χ3v) is 2.66. The molecule has 0 atom stereocenters. The molecule has 0 amide bonds. The predicted octanol–water partition coefficient (Wildman–Crippen LogP) is 2.16. The molecule has 68 valence electrons. The smallest absolute Gasteiger partial charge is 0.255 e. The van der Waals surface area contributed by atoms with Crippen LogP contribution in [-0.2, 0) is 0 Å². The number of hydrogen-bond acceptors (Lipinski definition) is 2. The molecule has 1 heterocycles. The summed E-state index contributed by atoms with van der Waals surface area (Å²) in [5.41, 5.74) is 0.285. The van der Waals surface area contributed by atoms with Gasteiger partial charge in [-0.15, -0.1) is 0 Å². The van der Waals surface area contributed by atoms with Crippen molar-refractivity contribution in [1.29, 1.82) is 5.26 Å². The molecule has 0 radical (unpaired) electrons. The van der Waals surface area contributed by atoms with Gasteiger partial charge in [-0.2, -0.15) is 5.26 Å². The normalized spacial score (nSPS) is 10.0. The van der Waals surface area contributed by atoms with Crippen LogP contribution in [-0.4, -0.2) is 4.98 Å². The van der Waals surface area contributed by atoms with Crippen molar-refractivity contribution in [3.05, 3.63) is 44.8 Å². The van der Waals surface area contributed by atoms with E-state index in [9.17, 15) is 4.79 Å². The van der Waals surface area contributed by atoms with Gasteiger partial charge in [-0.05, 0) is 12.1 Å². The highest BCUT2D eigenvalue weighted by molar-refractivity contribution is 9.10. The van der Waals surface area contributed by atoms with E-state index in [-0.39, 0.29) is 5.56 Å². The molecule has 14 heavy (non-hydrogen) atoms. The summed E-state index contributed by atoms with van der Waals surface area (Å²) in [7, 11) is 0. The Morgan fingerprint density at radius 2 is 2.21 bits per heavy atom. The van der Waals surface area contributed by atoms with Crippen molar-refractivity contribution < 1.29 is 0 Å². The molecule has 2 aromatic rings. The monoisotopic (exact) mass is 248 g/mol. The summed E-state index contributed by atoms with van der Waals surface area (Å²) in [5.74, 6) is 0. The van der Waals surface area contributed by atoms with Gasteiger partial charge in [0, 0.05) is 21.4 Å². The Labute approximate surface area is 88.1 Å². The van der Waals surface area contributed by atoms with Crippen LogP contribution in [0.1, 0.15) is 5.56 Å². The second-order valence-electron chi connectivity index (χ2n) is 2.81. The maximum Gasteiger partial charge on any atom is 0.255 e. The zero-order chi connectivity index (χ0) is 10.1. The maximum atomic E-state index is 11.4. The lowest BCUT2D eigenvalue weighted by Crippen LogP contribution is -2.06. The van der Waals surface area contributed by atoms with E-state index >= 15 is 0 Å². The van der Waals surface area contributed by atoms with E-state index in [4.69, 9.17) is 5.26 Å². The quantitative estimate of drug-likeness (QED) is 0.777. The lowest BCUT2D eigenvalue weighted by molar-refractivity contribution is 1.26. The van der Waals surface area contributed by atoms with Gasteiger partial charge in [0.05, 0.1) is 5.56 Å². The summed E-state index contributed by atoms with van der Waals surface area (Å²) < 4.78 is 0.762. The topological polar surface area (TPSA) is 56.6 Å². The summed E-state index contributed by atoms with van der Waals surface area (Å²) in [5, 5.41) is 10.0. The number of hydrogen-bond donors (Lipinski definition) is 1. The molecule has 0 unspecified atom stereocenters. The van der Waals surface area contributed by atoms with Crippen molar-refractivity contribution >= 4 is 26.7 Å². The van der Waals surface area contributed by atoms with Crippen molar-refractivity contribution in [3.63, 3.8) is 0 Å². The number of rotatable bonds is 0. The summed E-state index contributed by atoms with van der Waals surface area (Å²) >= 11 is 3.32. The first kappa shape index (κ1) is 8.97. The van der Waals surface area contributed by atoms with Gasteiger partial charge in [0.1, 0.15) is 6.07 Å². The lowest BCUT2D eigenvalue weighted by Gasteiger charge is -2.00. The molecule has 0 saturated heterocycles. The van der Waals surface area contributed by atoms with Crippen LogP contribution in [0.25, 0.3) is 10.8 Å². The summed E-state index contributed by atoms with van der Waals surface area (Å²) in [6, 6.07) is 7.31. The third-order valence-electron chi connectivity index (χ3n) is 2.00. The Morgan fingerprint density at radius 3 is 2.93 bits per heavy atom. The van der Waals surface area contributed by atoms with Gasteiger partial charge >= 0.3 is 0 Å². The molecule has 0 aliphatic rings. The first-order chi connectivity index (χ1) is 6.74. The van der Waals surface area contributed by atoms with Gasteiger partial charge in [0.15, 0.2) is 0 Å². The number of nitrogens with zero attached hydrogens (tertiary/aromatic N) is 1. The fourth-order valence-corrected chi connectivity index (χ4v) is 1.94. The molecule has 4 heteroatoms. The van der Waals surface area contributed by atoms with Crippen LogP contribution in [0.5, 0.6) is 0 Å². The van der Waals surface area contributed by atoms with Gasteiger partial charge < -0.3 is 4.98 Å². The zero-order valence-electron chi connectivity index (χ0n) is 7.04. The lowest BCUT2D eigenvalue weighted by atomic mass is 10.1. The Balaban J connectivity index is 3.09. The Hall–Kier alpha value is -1.60. The van der Waals surface area contributed by atoms with E-state index in [1.54, 1.807) is 12.1 Å². The highest BCUT2D eigenvalue weighted by Gasteiger charge is 2.06. The van der Waals surface area contributed by atoms with E-state index in [0.29, 0.717) is 16.3 Å². The predicted molar refractivity (Wildman–Crippen MR) is 57.0 cm³/mol. The number of aromatic amines is 1. The fraction of sp³-hybridized carbons (Fsp3) is 0. The van der Waals surface area contributed by atoms with E-state index in [1.165, 1.54) is 6.20 Å². The van der Waals surface area contributed by atoms with Crippen LogP contribution in [0.15, 0.2) is 33.7 Å². The average molecular weight is 249 g/mol. The van der Waals surface area contributed by atoms with E-state index in [0.717, 1.165) is 4.47 Å². The molecule has 0 saturated carbocycles. The van der Waals surface area contributed by atoms with Crippen molar-refractivity contribution in [2.75, 3.05) is 0 Å². The second kappa shape index (κ2) is 3.28. The highest BCUT2D eigenvalue weighted by Crippen LogP contribution is 2.23. The Morgan fingerprint density at radius 1 is 1.43 bits per heavy atom. The van der Waals surface area contributed by atoms with Gasteiger partial charge in [-0.3, -0.25) is 4.79 Å². The van der Waals surface area contributed by atoms with Gasteiger partial charge in [0.2, 0.25) is 0 Å². The van der Waals surface area contributed by atoms with Crippen LogP contribution in [0.3, 0.4) is 0 Å². The molecular weight excluding hydrogens is 244 g/mol. The summed E-state index contributed by atoms with van der Waals surface area (Å²) in [6.07, 6.45) is 1.43. The number of nitriles is 1. The number of halogens is 1. The minimum atomic E-state index is -0.180. The standard InChI is InChI=1S/C10H5BrN2O/c11-8-3-1-2-7-9(8)6(4-12)5-13-10(7)14/h1-3,5H,(H,13,14). The second-order valence-corrected chi connectivity index (χ2v) is 3.66. The highest BCUT2D eigenvalue weighted by atomic mass is 79.9. The number of H-pyrrole nitrogens is 1. The van der Waals surface area contributed by atoms with Crippen LogP contribution in [0.2, 0.25) is 0 Å². The van der Waals surface area contributed by atoms with Crippen LogP contribution < -0.4 is 5.56 Å². The SMILES string of the molecule is N#Cc1c[nH]c(=O)c2cccc(Br)c12. The first-order valence-corrected chi connectivity index (χ1v) is 4.73. The molecule has 0 aliphatic heterocycles.